The minimum Gasteiger partial charge on any atom is -0.338 e. The predicted octanol–water partition coefficient (Wildman–Crippen LogP) is 4.72. The van der Waals surface area contributed by atoms with E-state index in [1.165, 1.54) is 12.1 Å². The highest BCUT2D eigenvalue weighted by molar-refractivity contribution is 6.30. The van der Waals surface area contributed by atoms with Crippen LogP contribution >= 0.6 is 11.6 Å². The number of nitrogens with one attached hydrogen (secondary N) is 2. The largest absolute Gasteiger partial charge is 0.416 e. The van der Waals surface area contributed by atoms with Crippen LogP contribution in [0.5, 0.6) is 0 Å². The second-order valence-electron chi connectivity index (χ2n) is 4.83. The summed E-state index contributed by atoms with van der Waals surface area (Å²) in [7, 11) is 0. The fraction of sp³-hybridized carbons (Fsp3) is 0.188. The van der Waals surface area contributed by atoms with Gasteiger partial charge in [0, 0.05) is 17.3 Å². The summed E-state index contributed by atoms with van der Waals surface area (Å²) in [5.41, 5.74) is 0.553. The molecule has 0 radical (unpaired) electrons. The number of halogens is 4. The van der Waals surface area contributed by atoms with Crippen molar-refractivity contribution >= 4 is 23.3 Å². The highest BCUT2D eigenvalue weighted by Gasteiger charge is 2.29. The Kier molecular flexibility index (Phi) is 5.50. The molecule has 0 spiro atoms. The van der Waals surface area contributed by atoms with Gasteiger partial charge >= 0.3 is 12.2 Å². The van der Waals surface area contributed by atoms with Crippen molar-refractivity contribution in [2.45, 2.75) is 12.6 Å². The Morgan fingerprint density at radius 1 is 1.00 bits per heavy atom. The summed E-state index contributed by atoms with van der Waals surface area (Å²) in [6.45, 7) is 0.397. The van der Waals surface area contributed by atoms with Gasteiger partial charge in [-0.3, -0.25) is 0 Å². The van der Waals surface area contributed by atoms with Crippen LogP contribution in [0.3, 0.4) is 0 Å². The predicted molar refractivity (Wildman–Crippen MR) is 83.6 cm³/mol. The van der Waals surface area contributed by atoms with Crippen molar-refractivity contribution < 1.29 is 18.0 Å². The first-order valence-corrected chi connectivity index (χ1v) is 7.19. The van der Waals surface area contributed by atoms with Crippen molar-refractivity contribution in [2.24, 2.45) is 0 Å². The lowest BCUT2D eigenvalue weighted by Crippen LogP contribution is -2.30. The quantitative estimate of drug-likeness (QED) is 0.829. The number of alkyl halides is 3. The molecule has 0 aliphatic heterocycles. The van der Waals surface area contributed by atoms with E-state index in [1.54, 1.807) is 12.1 Å². The van der Waals surface area contributed by atoms with Gasteiger partial charge in [0.2, 0.25) is 0 Å². The molecule has 0 aliphatic carbocycles. The van der Waals surface area contributed by atoms with Gasteiger partial charge in [0.1, 0.15) is 0 Å². The third kappa shape index (κ3) is 5.49. The first-order valence-electron chi connectivity index (χ1n) is 6.81. The number of carbonyl (C=O) groups excluding carboxylic acids is 1. The molecule has 0 fully saturated rings. The van der Waals surface area contributed by atoms with Crippen molar-refractivity contribution in [3.63, 3.8) is 0 Å². The molecule has 0 saturated carbocycles. The van der Waals surface area contributed by atoms with Crippen molar-refractivity contribution in [2.75, 3.05) is 11.9 Å². The van der Waals surface area contributed by atoms with Gasteiger partial charge in [0.15, 0.2) is 0 Å². The van der Waals surface area contributed by atoms with Crippen molar-refractivity contribution in [3.8, 4) is 0 Å². The van der Waals surface area contributed by atoms with E-state index in [-0.39, 0.29) is 0 Å². The van der Waals surface area contributed by atoms with E-state index in [0.29, 0.717) is 23.7 Å². The molecular weight excluding hydrogens is 329 g/mol. The maximum Gasteiger partial charge on any atom is 0.416 e. The number of benzene rings is 2. The Hall–Kier alpha value is -2.21. The lowest BCUT2D eigenvalue weighted by molar-refractivity contribution is -0.137. The summed E-state index contributed by atoms with van der Waals surface area (Å²) >= 11 is 5.78. The molecule has 2 aromatic rings. The lowest BCUT2D eigenvalue weighted by Gasteiger charge is -2.10. The van der Waals surface area contributed by atoms with Crippen LogP contribution in [0.15, 0.2) is 48.5 Å². The van der Waals surface area contributed by atoms with E-state index in [9.17, 15) is 18.0 Å². The SMILES string of the molecule is O=C(NCCc1ccc(Cl)cc1)Nc1ccc(C(F)(F)F)cc1. The molecule has 2 aromatic carbocycles. The number of amides is 2. The third-order valence-corrected chi connectivity index (χ3v) is 3.33. The summed E-state index contributed by atoms with van der Waals surface area (Å²) in [6.07, 6.45) is -3.77. The number of anilines is 1. The molecule has 3 nitrogen and oxygen atoms in total. The summed E-state index contributed by atoms with van der Waals surface area (Å²) < 4.78 is 37.3. The molecule has 0 heterocycles. The van der Waals surface area contributed by atoms with Gasteiger partial charge in [-0.25, -0.2) is 4.79 Å². The van der Waals surface area contributed by atoms with E-state index in [1.807, 2.05) is 12.1 Å². The van der Waals surface area contributed by atoms with Gasteiger partial charge in [-0.2, -0.15) is 13.2 Å². The normalized spacial score (nSPS) is 11.1. The van der Waals surface area contributed by atoms with Gasteiger partial charge in [0.05, 0.1) is 5.56 Å². The van der Waals surface area contributed by atoms with E-state index < -0.39 is 17.8 Å². The number of hydrogen-bond acceptors (Lipinski definition) is 1. The summed E-state index contributed by atoms with van der Waals surface area (Å²) in [4.78, 5) is 11.7. The molecule has 0 bridgehead atoms. The zero-order valence-corrected chi connectivity index (χ0v) is 12.7. The standard InChI is InChI=1S/C16H14ClF3N2O/c17-13-5-1-11(2-6-13)9-10-21-15(23)22-14-7-3-12(4-8-14)16(18,19)20/h1-8H,9-10H2,(H2,21,22,23). The van der Waals surface area contributed by atoms with Gasteiger partial charge in [-0.1, -0.05) is 23.7 Å². The smallest absolute Gasteiger partial charge is 0.338 e. The molecule has 0 aromatic heterocycles. The van der Waals surface area contributed by atoms with E-state index >= 15 is 0 Å². The molecule has 122 valence electrons. The molecule has 23 heavy (non-hydrogen) atoms. The minimum absolute atomic E-state index is 0.294. The maximum absolute atomic E-state index is 12.4. The van der Waals surface area contributed by atoms with Crippen molar-refractivity contribution in [1.82, 2.24) is 5.32 Å². The maximum atomic E-state index is 12.4. The second kappa shape index (κ2) is 7.37. The Morgan fingerprint density at radius 3 is 2.17 bits per heavy atom. The van der Waals surface area contributed by atoms with Crippen LogP contribution in [0.1, 0.15) is 11.1 Å². The van der Waals surface area contributed by atoms with Crippen LogP contribution in [-0.4, -0.2) is 12.6 Å². The molecule has 2 N–H and O–H groups in total. The second-order valence-corrected chi connectivity index (χ2v) is 5.27. The summed E-state index contributed by atoms with van der Waals surface area (Å²) in [5, 5.41) is 5.75. The molecule has 0 aliphatic rings. The summed E-state index contributed by atoms with van der Waals surface area (Å²) in [6, 6.07) is 11.0. The lowest BCUT2D eigenvalue weighted by atomic mass is 10.1. The molecule has 2 rings (SSSR count). The van der Waals surface area contributed by atoms with Crippen LogP contribution in [-0.2, 0) is 12.6 Å². The summed E-state index contributed by atoms with van der Waals surface area (Å²) in [5.74, 6) is 0. The molecule has 0 saturated heterocycles. The first kappa shape index (κ1) is 17.1. The monoisotopic (exact) mass is 342 g/mol. The van der Waals surface area contributed by atoms with E-state index in [4.69, 9.17) is 11.6 Å². The van der Waals surface area contributed by atoms with Crippen molar-refractivity contribution in [3.05, 3.63) is 64.7 Å². The van der Waals surface area contributed by atoms with Gasteiger partial charge in [-0.05, 0) is 48.4 Å². The molecule has 2 amide bonds. The molecule has 0 atom stereocenters. The highest BCUT2D eigenvalue weighted by Crippen LogP contribution is 2.29. The zero-order valence-electron chi connectivity index (χ0n) is 12.0. The fourth-order valence-corrected chi connectivity index (χ4v) is 2.02. The molecule has 7 heteroatoms. The zero-order chi connectivity index (χ0) is 16.9. The van der Waals surface area contributed by atoms with Crippen LogP contribution in [0.4, 0.5) is 23.7 Å². The van der Waals surface area contributed by atoms with Gasteiger partial charge in [0.25, 0.3) is 0 Å². The number of carbonyl (C=O) groups is 1. The van der Waals surface area contributed by atoms with E-state index in [2.05, 4.69) is 10.6 Å². The van der Waals surface area contributed by atoms with Gasteiger partial charge < -0.3 is 10.6 Å². The Labute approximate surface area is 136 Å². The molecular formula is C16H14ClF3N2O. The minimum atomic E-state index is -4.39. The van der Waals surface area contributed by atoms with Crippen molar-refractivity contribution in [1.29, 1.82) is 0 Å². The molecule has 0 unspecified atom stereocenters. The van der Waals surface area contributed by atoms with Crippen LogP contribution in [0.25, 0.3) is 0 Å². The third-order valence-electron chi connectivity index (χ3n) is 3.08. The average Bonchev–Trinajstić information content (AvgIpc) is 2.49. The van der Waals surface area contributed by atoms with Gasteiger partial charge in [-0.15, -0.1) is 0 Å². The topological polar surface area (TPSA) is 41.1 Å². The van der Waals surface area contributed by atoms with Crippen LogP contribution < -0.4 is 10.6 Å². The van der Waals surface area contributed by atoms with Crippen LogP contribution in [0.2, 0.25) is 5.02 Å². The number of urea groups is 1. The van der Waals surface area contributed by atoms with E-state index in [0.717, 1.165) is 17.7 Å². The average molecular weight is 343 g/mol. The fourth-order valence-electron chi connectivity index (χ4n) is 1.89. The highest BCUT2D eigenvalue weighted by atomic mass is 35.5. The van der Waals surface area contributed by atoms with Crippen LogP contribution in [0, 0.1) is 0 Å². The Morgan fingerprint density at radius 2 is 1.61 bits per heavy atom. The Bertz CT molecular complexity index is 655. The Balaban J connectivity index is 1.79. The first-order chi connectivity index (χ1) is 10.8. The number of hydrogen-bond donors (Lipinski definition) is 2. The number of rotatable bonds is 4.